The Morgan fingerprint density at radius 3 is 2.58 bits per heavy atom. The van der Waals surface area contributed by atoms with Gasteiger partial charge in [-0.15, -0.1) is 0 Å². The van der Waals surface area contributed by atoms with E-state index in [1.807, 2.05) is 15.5 Å². The monoisotopic (exact) mass is 459 g/mol. The van der Waals surface area contributed by atoms with Crippen LogP contribution in [0.4, 0.5) is 23.7 Å². The first-order chi connectivity index (χ1) is 15.8. The molecule has 7 nitrogen and oxygen atoms in total. The average molecular weight is 459 g/mol. The number of nitrogens with zero attached hydrogens (tertiary/aromatic N) is 3. The molecule has 1 saturated heterocycles. The van der Waals surface area contributed by atoms with Crippen molar-refractivity contribution in [1.29, 1.82) is 0 Å². The zero-order chi connectivity index (χ0) is 23.4. The lowest BCUT2D eigenvalue weighted by atomic mass is 10.1. The van der Waals surface area contributed by atoms with Crippen LogP contribution >= 0.6 is 0 Å². The lowest BCUT2D eigenvalue weighted by Gasteiger charge is -2.26. The molecular weight excluding hydrogens is 435 g/mol. The Labute approximate surface area is 188 Å². The van der Waals surface area contributed by atoms with Crippen LogP contribution in [-0.4, -0.2) is 46.0 Å². The van der Waals surface area contributed by atoms with Crippen molar-refractivity contribution in [3.63, 3.8) is 0 Å². The summed E-state index contributed by atoms with van der Waals surface area (Å²) < 4.78 is 40.2. The fourth-order valence-corrected chi connectivity index (χ4v) is 3.89. The molecule has 0 bridgehead atoms. The highest BCUT2D eigenvalue weighted by Gasteiger charge is 2.30. The van der Waals surface area contributed by atoms with E-state index in [1.54, 1.807) is 18.5 Å². The quantitative estimate of drug-likeness (QED) is 0.590. The van der Waals surface area contributed by atoms with Crippen molar-refractivity contribution in [3.05, 3.63) is 59.9 Å². The number of hydrogen-bond donors (Lipinski definition) is 2. The highest BCUT2D eigenvalue weighted by molar-refractivity contribution is 5.97. The summed E-state index contributed by atoms with van der Waals surface area (Å²) in [5.41, 5.74) is 1.34. The summed E-state index contributed by atoms with van der Waals surface area (Å²) >= 11 is 0. The molecule has 1 aliphatic rings. The van der Waals surface area contributed by atoms with Gasteiger partial charge in [0, 0.05) is 37.4 Å². The normalized spacial score (nSPS) is 14.3. The Morgan fingerprint density at radius 1 is 1.03 bits per heavy atom. The van der Waals surface area contributed by atoms with Crippen molar-refractivity contribution >= 4 is 28.7 Å². The van der Waals surface area contributed by atoms with E-state index in [-0.39, 0.29) is 18.1 Å². The first kappa shape index (κ1) is 22.6. The fraction of sp³-hybridized carbons (Fsp3) is 0.348. The van der Waals surface area contributed by atoms with Gasteiger partial charge in [-0.2, -0.15) is 13.2 Å². The van der Waals surface area contributed by atoms with Crippen molar-refractivity contribution in [2.24, 2.45) is 0 Å². The van der Waals surface area contributed by atoms with E-state index in [2.05, 4.69) is 15.6 Å². The molecule has 2 N–H and O–H groups in total. The van der Waals surface area contributed by atoms with E-state index in [1.165, 1.54) is 12.1 Å². The molecule has 0 aliphatic carbocycles. The smallest absolute Gasteiger partial charge is 0.339 e. The molecule has 0 saturated carbocycles. The topological polar surface area (TPSA) is 79.3 Å². The van der Waals surface area contributed by atoms with E-state index in [0.29, 0.717) is 17.6 Å². The third-order valence-electron chi connectivity index (χ3n) is 5.60. The number of alkyl halides is 3. The summed E-state index contributed by atoms with van der Waals surface area (Å²) in [7, 11) is 0. The van der Waals surface area contributed by atoms with Crippen LogP contribution in [0.25, 0.3) is 11.0 Å². The zero-order valence-corrected chi connectivity index (χ0v) is 17.9. The van der Waals surface area contributed by atoms with Crippen molar-refractivity contribution in [1.82, 2.24) is 19.8 Å². The number of halogens is 3. The summed E-state index contributed by atoms with van der Waals surface area (Å²) in [5, 5.41) is 5.03. The standard InChI is InChI=1S/C23H24F3N5O2/c24-23(25,26)17-5-4-6-18(14-17)29-22(33)27-9-12-31-15-28-19-13-16(7-8-20(19)31)21(32)30-10-2-1-3-11-30/h4-8,13-15H,1-3,9-12H2,(H2,27,29,33). The van der Waals surface area contributed by atoms with Crippen molar-refractivity contribution in [2.75, 3.05) is 25.0 Å². The van der Waals surface area contributed by atoms with Crippen LogP contribution in [0.1, 0.15) is 35.2 Å². The number of aromatic nitrogens is 2. The second-order valence-corrected chi connectivity index (χ2v) is 7.95. The molecule has 2 heterocycles. The van der Waals surface area contributed by atoms with Crippen molar-refractivity contribution < 1.29 is 22.8 Å². The van der Waals surface area contributed by atoms with Crippen LogP contribution in [0.2, 0.25) is 0 Å². The first-order valence-electron chi connectivity index (χ1n) is 10.8. The van der Waals surface area contributed by atoms with Gasteiger partial charge in [0.05, 0.1) is 22.9 Å². The SMILES string of the molecule is O=C(NCCn1cnc2cc(C(=O)N3CCCCC3)ccc21)Nc1cccc(C(F)(F)F)c1. The van der Waals surface area contributed by atoms with Crippen LogP contribution in [0, 0.1) is 0 Å². The summed E-state index contributed by atoms with van der Waals surface area (Å²) in [6.45, 7) is 2.20. The van der Waals surface area contributed by atoms with Crippen LogP contribution in [0.5, 0.6) is 0 Å². The zero-order valence-electron chi connectivity index (χ0n) is 17.9. The van der Waals surface area contributed by atoms with Crippen LogP contribution in [-0.2, 0) is 12.7 Å². The number of urea groups is 1. The molecule has 0 radical (unpaired) electrons. The Morgan fingerprint density at radius 2 is 1.82 bits per heavy atom. The maximum Gasteiger partial charge on any atom is 0.416 e. The van der Waals surface area contributed by atoms with Crippen molar-refractivity contribution in [2.45, 2.75) is 32.0 Å². The molecule has 1 aliphatic heterocycles. The predicted molar refractivity (Wildman–Crippen MR) is 118 cm³/mol. The molecule has 0 unspecified atom stereocenters. The third-order valence-corrected chi connectivity index (χ3v) is 5.60. The number of amides is 3. The van der Waals surface area contributed by atoms with Gasteiger partial charge < -0.3 is 20.1 Å². The van der Waals surface area contributed by atoms with Gasteiger partial charge in [0.2, 0.25) is 0 Å². The van der Waals surface area contributed by atoms with E-state index < -0.39 is 17.8 Å². The molecule has 174 valence electrons. The number of hydrogen-bond acceptors (Lipinski definition) is 3. The number of nitrogens with one attached hydrogen (secondary N) is 2. The summed E-state index contributed by atoms with van der Waals surface area (Å²) in [6, 6.07) is 9.24. The van der Waals surface area contributed by atoms with Gasteiger partial charge in [-0.05, 0) is 55.7 Å². The van der Waals surface area contributed by atoms with E-state index >= 15 is 0 Å². The fourth-order valence-electron chi connectivity index (χ4n) is 3.89. The number of rotatable bonds is 5. The predicted octanol–water partition coefficient (Wildman–Crippen LogP) is 4.50. The molecule has 33 heavy (non-hydrogen) atoms. The number of carbonyl (C=O) groups is 2. The molecule has 0 spiro atoms. The van der Waals surface area contributed by atoms with Gasteiger partial charge in [0.25, 0.3) is 5.91 Å². The van der Waals surface area contributed by atoms with Gasteiger partial charge in [-0.25, -0.2) is 9.78 Å². The molecule has 0 atom stereocenters. The molecule has 3 amide bonds. The maximum atomic E-state index is 12.8. The Hall–Kier alpha value is -3.56. The number of anilines is 1. The minimum Gasteiger partial charge on any atom is -0.339 e. The lowest BCUT2D eigenvalue weighted by molar-refractivity contribution is -0.137. The van der Waals surface area contributed by atoms with E-state index in [9.17, 15) is 22.8 Å². The Kier molecular flexibility index (Phi) is 6.52. The van der Waals surface area contributed by atoms with Gasteiger partial charge in [-0.3, -0.25) is 4.79 Å². The number of likely N-dealkylation sites (tertiary alicyclic amines) is 1. The number of benzene rings is 2. The van der Waals surface area contributed by atoms with Gasteiger partial charge >= 0.3 is 12.2 Å². The lowest BCUT2D eigenvalue weighted by Crippen LogP contribution is -2.35. The van der Waals surface area contributed by atoms with Gasteiger partial charge in [0.1, 0.15) is 0 Å². The van der Waals surface area contributed by atoms with Gasteiger partial charge in [0.15, 0.2) is 0 Å². The molecule has 4 rings (SSSR count). The summed E-state index contributed by atoms with van der Waals surface area (Å²) in [5.74, 6) is 0.0130. The third kappa shape index (κ3) is 5.44. The number of imidazole rings is 1. The highest BCUT2D eigenvalue weighted by atomic mass is 19.4. The maximum absolute atomic E-state index is 12.8. The summed E-state index contributed by atoms with van der Waals surface area (Å²) in [4.78, 5) is 31.0. The molecule has 1 fully saturated rings. The van der Waals surface area contributed by atoms with Crippen LogP contribution < -0.4 is 10.6 Å². The second kappa shape index (κ2) is 9.51. The number of carbonyl (C=O) groups excluding carboxylic acids is 2. The molecule has 1 aromatic heterocycles. The molecule has 2 aromatic carbocycles. The average Bonchev–Trinajstić information content (AvgIpc) is 3.21. The highest BCUT2D eigenvalue weighted by Crippen LogP contribution is 2.30. The van der Waals surface area contributed by atoms with E-state index in [4.69, 9.17) is 0 Å². The Balaban J connectivity index is 1.33. The molecule has 10 heteroatoms. The minimum absolute atomic E-state index is 0.0130. The number of fused-ring (bicyclic) bond motifs is 1. The number of piperidine rings is 1. The second-order valence-electron chi connectivity index (χ2n) is 7.95. The van der Waals surface area contributed by atoms with Crippen LogP contribution in [0.3, 0.4) is 0 Å². The Bertz CT molecular complexity index is 1150. The van der Waals surface area contributed by atoms with Gasteiger partial charge in [-0.1, -0.05) is 6.07 Å². The molecular formula is C23H24F3N5O2. The van der Waals surface area contributed by atoms with Crippen molar-refractivity contribution in [3.8, 4) is 0 Å². The molecule has 3 aromatic rings. The largest absolute Gasteiger partial charge is 0.416 e. The summed E-state index contributed by atoms with van der Waals surface area (Å²) in [6.07, 6.45) is 0.355. The van der Waals surface area contributed by atoms with E-state index in [0.717, 1.165) is 50.0 Å². The minimum atomic E-state index is -4.48. The first-order valence-corrected chi connectivity index (χ1v) is 10.8. The van der Waals surface area contributed by atoms with Crippen LogP contribution in [0.15, 0.2) is 48.8 Å².